The van der Waals surface area contributed by atoms with Gasteiger partial charge in [0, 0.05) is 36.7 Å². The zero-order chi connectivity index (χ0) is 17.4. The molecule has 3 heterocycles. The van der Waals surface area contributed by atoms with Gasteiger partial charge in [-0.2, -0.15) is 5.10 Å². The Morgan fingerprint density at radius 2 is 2.24 bits per heavy atom. The van der Waals surface area contributed by atoms with Gasteiger partial charge in [0.1, 0.15) is 12.2 Å². The van der Waals surface area contributed by atoms with E-state index in [1.807, 2.05) is 30.0 Å². The number of para-hydroxylation sites is 1. The number of likely N-dealkylation sites (tertiary alicyclic amines) is 1. The third-order valence-corrected chi connectivity index (χ3v) is 5.02. The molecule has 0 bridgehead atoms. The molecular formula is C18H21N5O2. The van der Waals surface area contributed by atoms with Crippen molar-refractivity contribution in [2.45, 2.75) is 31.9 Å². The Morgan fingerprint density at radius 3 is 3.00 bits per heavy atom. The van der Waals surface area contributed by atoms with Gasteiger partial charge in [0.2, 0.25) is 5.91 Å². The first-order valence-electron chi connectivity index (χ1n) is 8.41. The topological polar surface area (TPSA) is 86.9 Å². The molecule has 1 amide bonds. The number of fused-ring (bicyclic) bond motifs is 1. The van der Waals surface area contributed by atoms with E-state index in [2.05, 4.69) is 26.2 Å². The SMILES string of the molecule is CO[C@@H]1C[C@@H](c2ncn[nH]2)N(C(=O)Cc2c(C)[nH]c3ccccc23)C1. The average Bonchev–Trinajstić information content (AvgIpc) is 3.33. The van der Waals surface area contributed by atoms with Gasteiger partial charge < -0.3 is 14.6 Å². The number of ether oxygens (including phenoxy) is 1. The summed E-state index contributed by atoms with van der Waals surface area (Å²) in [6.45, 7) is 2.58. The number of nitrogens with zero attached hydrogens (tertiary/aromatic N) is 3. The Morgan fingerprint density at radius 1 is 1.40 bits per heavy atom. The van der Waals surface area contributed by atoms with Gasteiger partial charge >= 0.3 is 0 Å². The molecule has 1 fully saturated rings. The first kappa shape index (κ1) is 15.8. The number of nitrogens with one attached hydrogen (secondary N) is 2. The van der Waals surface area contributed by atoms with Gasteiger partial charge in [0.25, 0.3) is 0 Å². The molecule has 3 aromatic rings. The highest BCUT2D eigenvalue weighted by Gasteiger charge is 2.38. The van der Waals surface area contributed by atoms with E-state index in [1.165, 1.54) is 6.33 Å². The summed E-state index contributed by atoms with van der Waals surface area (Å²) in [5, 5.41) is 7.92. The van der Waals surface area contributed by atoms with Gasteiger partial charge in [-0.05, 0) is 18.6 Å². The minimum atomic E-state index is -0.120. The van der Waals surface area contributed by atoms with Crippen molar-refractivity contribution in [3.05, 3.63) is 47.7 Å². The standard InChI is InChI=1S/C18H21N5O2/c1-11-14(13-5-3-4-6-15(13)21-11)8-17(24)23-9-12(25-2)7-16(23)18-19-10-20-22-18/h3-6,10,12,16,21H,7-9H2,1-2H3,(H,19,20,22)/t12-,16+/m1/s1. The number of benzene rings is 1. The normalized spacial score (nSPS) is 20.5. The second-order valence-electron chi connectivity index (χ2n) is 6.48. The van der Waals surface area contributed by atoms with Gasteiger partial charge in [-0.15, -0.1) is 0 Å². The summed E-state index contributed by atoms with van der Waals surface area (Å²) < 4.78 is 5.49. The Labute approximate surface area is 145 Å². The number of hydrogen-bond acceptors (Lipinski definition) is 4. The van der Waals surface area contributed by atoms with Crippen molar-refractivity contribution in [2.24, 2.45) is 0 Å². The van der Waals surface area contributed by atoms with Gasteiger partial charge in [-0.1, -0.05) is 18.2 Å². The van der Waals surface area contributed by atoms with E-state index in [4.69, 9.17) is 4.74 Å². The molecule has 0 radical (unpaired) electrons. The molecule has 1 aliphatic rings. The molecule has 7 nitrogen and oxygen atoms in total. The molecular weight excluding hydrogens is 318 g/mol. The van der Waals surface area contributed by atoms with E-state index >= 15 is 0 Å². The minimum absolute atomic E-state index is 0.0168. The lowest BCUT2D eigenvalue weighted by Gasteiger charge is -2.22. The van der Waals surface area contributed by atoms with Crippen LogP contribution in [0.15, 0.2) is 30.6 Å². The molecule has 4 rings (SSSR count). The van der Waals surface area contributed by atoms with E-state index < -0.39 is 0 Å². The highest BCUT2D eigenvalue weighted by Crippen LogP contribution is 2.32. The zero-order valence-electron chi connectivity index (χ0n) is 14.3. The molecule has 0 aliphatic carbocycles. The number of methoxy groups -OCH3 is 1. The Kier molecular flexibility index (Phi) is 4.01. The molecule has 25 heavy (non-hydrogen) atoms. The van der Waals surface area contributed by atoms with Crippen molar-refractivity contribution in [1.82, 2.24) is 25.1 Å². The number of carbonyl (C=O) groups is 1. The second kappa shape index (κ2) is 6.33. The number of amides is 1. The molecule has 0 saturated carbocycles. The lowest BCUT2D eigenvalue weighted by Crippen LogP contribution is -2.33. The number of H-pyrrole nitrogens is 2. The quantitative estimate of drug-likeness (QED) is 0.762. The monoisotopic (exact) mass is 339 g/mol. The third-order valence-electron chi connectivity index (χ3n) is 5.02. The van der Waals surface area contributed by atoms with Crippen LogP contribution in [0, 0.1) is 6.92 Å². The van der Waals surface area contributed by atoms with Gasteiger partial charge in [-0.25, -0.2) is 4.98 Å². The Bertz CT molecular complexity index is 886. The van der Waals surface area contributed by atoms with Crippen LogP contribution in [0.3, 0.4) is 0 Å². The van der Waals surface area contributed by atoms with Crippen LogP contribution in [0.2, 0.25) is 0 Å². The maximum Gasteiger partial charge on any atom is 0.227 e. The molecule has 2 aromatic heterocycles. The summed E-state index contributed by atoms with van der Waals surface area (Å²) in [4.78, 5) is 22.5. The lowest BCUT2D eigenvalue weighted by molar-refractivity contribution is -0.131. The van der Waals surface area contributed by atoms with E-state index in [0.29, 0.717) is 18.8 Å². The van der Waals surface area contributed by atoms with Crippen LogP contribution in [-0.4, -0.2) is 50.7 Å². The number of aromatic nitrogens is 4. The van der Waals surface area contributed by atoms with Crippen molar-refractivity contribution < 1.29 is 9.53 Å². The Balaban J connectivity index is 1.61. The van der Waals surface area contributed by atoms with Gasteiger partial charge in [-0.3, -0.25) is 9.89 Å². The number of aryl methyl sites for hydroxylation is 1. The van der Waals surface area contributed by atoms with Crippen LogP contribution in [0.1, 0.15) is 29.5 Å². The van der Waals surface area contributed by atoms with Crippen molar-refractivity contribution in [3.8, 4) is 0 Å². The van der Waals surface area contributed by atoms with Crippen LogP contribution in [-0.2, 0) is 16.0 Å². The molecule has 7 heteroatoms. The summed E-state index contributed by atoms with van der Waals surface area (Å²) in [5.74, 6) is 0.789. The summed E-state index contributed by atoms with van der Waals surface area (Å²) in [6.07, 6.45) is 2.58. The molecule has 1 saturated heterocycles. The smallest absolute Gasteiger partial charge is 0.227 e. The Hall–Kier alpha value is -2.67. The predicted octanol–water partition coefficient (Wildman–Crippen LogP) is 2.13. The van der Waals surface area contributed by atoms with Crippen molar-refractivity contribution in [3.63, 3.8) is 0 Å². The maximum absolute atomic E-state index is 13.1. The third kappa shape index (κ3) is 2.80. The summed E-state index contributed by atoms with van der Waals surface area (Å²) >= 11 is 0. The molecule has 1 aliphatic heterocycles. The highest BCUT2D eigenvalue weighted by atomic mass is 16.5. The summed E-state index contributed by atoms with van der Waals surface area (Å²) in [6, 6.07) is 7.96. The van der Waals surface area contributed by atoms with Crippen LogP contribution in [0.5, 0.6) is 0 Å². The fourth-order valence-electron chi connectivity index (χ4n) is 3.69. The summed E-state index contributed by atoms with van der Waals surface area (Å²) in [5.41, 5.74) is 3.15. The van der Waals surface area contributed by atoms with Crippen molar-refractivity contribution in [1.29, 1.82) is 0 Å². The minimum Gasteiger partial charge on any atom is -0.380 e. The van der Waals surface area contributed by atoms with Crippen molar-refractivity contribution in [2.75, 3.05) is 13.7 Å². The van der Waals surface area contributed by atoms with Crippen LogP contribution < -0.4 is 0 Å². The summed E-state index contributed by atoms with van der Waals surface area (Å²) in [7, 11) is 1.68. The fraction of sp³-hybridized carbons (Fsp3) is 0.389. The van der Waals surface area contributed by atoms with Crippen LogP contribution in [0.25, 0.3) is 10.9 Å². The lowest BCUT2D eigenvalue weighted by atomic mass is 10.1. The molecule has 2 N–H and O–H groups in total. The largest absolute Gasteiger partial charge is 0.380 e. The number of rotatable bonds is 4. The fourth-order valence-corrected chi connectivity index (χ4v) is 3.69. The molecule has 1 aromatic carbocycles. The zero-order valence-corrected chi connectivity index (χ0v) is 14.3. The number of hydrogen-bond donors (Lipinski definition) is 2. The molecule has 0 unspecified atom stereocenters. The molecule has 0 spiro atoms. The van der Waals surface area contributed by atoms with Gasteiger partial charge in [0.15, 0.2) is 0 Å². The van der Waals surface area contributed by atoms with E-state index in [9.17, 15) is 4.79 Å². The number of aromatic amines is 2. The molecule has 130 valence electrons. The first-order valence-corrected chi connectivity index (χ1v) is 8.41. The molecule has 2 atom stereocenters. The highest BCUT2D eigenvalue weighted by molar-refractivity contribution is 5.90. The van der Waals surface area contributed by atoms with E-state index in [-0.39, 0.29) is 18.1 Å². The second-order valence-corrected chi connectivity index (χ2v) is 6.48. The predicted molar refractivity (Wildman–Crippen MR) is 93.0 cm³/mol. The maximum atomic E-state index is 13.1. The van der Waals surface area contributed by atoms with Crippen molar-refractivity contribution >= 4 is 16.8 Å². The van der Waals surface area contributed by atoms with Crippen LogP contribution >= 0.6 is 0 Å². The van der Waals surface area contributed by atoms with Crippen LogP contribution in [0.4, 0.5) is 0 Å². The van der Waals surface area contributed by atoms with E-state index in [0.717, 1.165) is 28.6 Å². The average molecular weight is 339 g/mol. The van der Waals surface area contributed by atoms with Gasteiger partial charge in [0.05, 0.1) is 18.6 Å². The first-order chi connectivity index (χ1) is 12.2. The number of carbonyl (C=O) groups excluding carboxylic acids is 1. The van der Waals surface area contributed by atoms with E-state index in [1.54, 1.807) is 7.11 Å².